The molecule has 3 N–H and O–H groups in total. The summed E-state index contributed by atoms with van der Waals surface area (Å²) < 4.78 is 0. The first-order valence-corrected chi connectivity index (χ1v) is 10.5. The molecule has 0 aliphatic carbocycles. The van der Waals surface area contributed by atoms with Gasteiger partial charge in [0, 0.05) is 33.4 Å². The first-order chi connectivity index (χ1) is 14.7. The molecule has 0 aliphatic heterocycles. The first-order valence-electron chi connectivity index (χ1n) is 9.67. The van der Waals surface area contributed by atoms with Gasteiger partial charge in [0.25, 0.3) is 0 Å². The van der Waals surface area contributed by atoms with Crippen molar-refractivity contribution in [2.24, 2.45) is 0 Å². The molecule has 4 rings (SSSR count). The molecule has 0 saturated carbocycles. The number of aromatic amines is 1. The smallest absolute Gasteiger partial charge is 0.313 e. The Morgan fingerprint density at radius 2 is 1.57 bits per heavy atom. The van der Waals surface area contributed by atoms with Gasteiger partial charge in [-0.1, -0.05) is 60.3 Å². The van der Waals surface area contributed by atoms with Crippen LogP contribution in [0.1, 0.15) is 5.56 Å². The van der Waals surface area contributed by atoms with Crippen LogP contribution in [0.4, 0.5) is 5.69 Å². The third kappa shape index (κ3) is 4.72. The minimum absolute atomic E-state index is 0.383. The molecule has 0 saturated heterocycles. The standard InChI is InChI=1S/C24H21N3O2S/c28-23(25-15-14-17-16-26-20-11-5-4-10-19(17)20)24(29)27-21-12-6-7-13-22(21)30-18-8-2-1-3-9-18/h1-13,16,26H,14-15H2,(H,25,28)(H,27,29). The number of para-hydroxylation sites is 2. The molecule has 150 valence electrons. The third-order valence-corrected chi connectivity index (χ3v) is 5.75. The minimum Gasteiger partial charge on any atom is -0.361 e. The van der Waals surface area contributed by atoms with Crippen LogP contribution in [0.5, 0.6) is 0 Å². The predicted octanol–water partition coefficient (Wildman–Crippen LogP) is 4.62. The summed E-state index contributed by atoms with van der Waals surface area (Å²) in [6.07, 6.45) is 2.58. The molecule has 6 heteroatoms. The van der Waals surface area contributed by atoms with E-state index < -0.39 is 11.8 Å². The quantitative estimate of drug-likeness (QED) is 0.403. The van der Waals surface area contributed by atoms with Gasteiger partial charge in [0.15, 0.2) is 0 Å². The van der Waals surface area contributed by atoms with Gasteiger partial charge in [-0.3, -0.25) is 9.59 Å². The zero-order chi connectivity index (χ0) is 20.8. The van der Waals surface area contributed by atoms with Gasteiger partial charge in [-0.05, 0) is 42.3 Å². The molecule has 0 atom stereocenters. The Morgan fingerprint density at radius 1 is 0.833 bits per heavy atom. The Morgan fingerprint density at radius 3 is 2.43 bits per heavy atom. The molecule has 2 amide bonds. The number of carbonyl (C=O) groups excluding carboxylic acids is 2. The number of nitrogens with one attached hydrogen (secondary N) is 3. The topological polar surface area (TPSA) is 74.0 Å². The van der Waals surface area contributed by atoms with Crippen molar-refractivity contribution in [1.29, 1.82) is 0 Å². The molecule has 0 bridgehead atoms. The Hall–Kier alpha value is -3.51. The number of amides is 2. The van der Waals surface area contributed by atoms with Gasteiger partial charge in [-0.15, -0.1) is 0 Å². The molecule has 5 nitrogen and oxygen atoms in total. The van der Waals surface area contributed by atoms with E-state index in [1.54, 1.807) is 6.07 Å². The van der Waals surface area contributed by atoms with Gasteiger partial charge >= 0.3 is 11.8 Å². The molecule has 0 spiro atoms. The predicted molar refractivity (Wildman–Crippen MR) is 121 cm³/mol. The molecular weight excluding hydrogens is 394 g/mol. The fourth-order valence-corrected chi connectivity index (χ4v) is 4.11. The summed E-state index contributed by atoms with van der Waals surface area (Å²) in [6, 6.07) is 25.3. The maximum absolute atomic E-state index is 12.4. The Bertz CT molecular complexity index is 1170. The summed E-state index contributed by atoms with van der Waals surface area (Å²) in [4.78, 5) is 29.8. The molecular formula is C24H21N3O2S. The van der Waals surface area contributed by atoms with Crippen LogP contribution < -0.4 is 10.6 Å². The number of hydrogen-bond acceptors (Lipinski definition) is 3. The number of hydrogen-bond donors (Lipinski definition) is 3. The van der Waals surface area contributed by atoms with Crippen LogP contribution in [0.25, 0.3) is 10.9 Å². The number of benzene rings is 3. The van der Waals surface area contributed by atoms with Crippen molar-refractivity contribution < 1.29 is 9.59 Å². The highest BCUT2D eigenvalue weighted by Crippen LogP contribution is 2.33. The highest BCUT2D eigenvalue weighted by atomic mass is 32.2. The second-order valence-electron chi connectivity index (χ2n) is 6.73. The van der Waals surface area contributed by atoms with Crippen molar-refractivity contribution in [2.45, 2.75) is 16.2 Å². The van der Waals surface area contributed by atoms with Crippen LogP contribution in [-0.2, 0) is 16.0 Å². The van der Waals surface area contributed by atoms with Crippen molar-refractivity contribution in [2.75, 3.05) is 11.9 Å². The summed E-state index contributed by atoms with van der Waals surface area (Å²) in [5.74, 6) is -1.32. The van der Waals surface area contributed by atoms with Gasteiger partial charge in [-0.2, -0.15) is 0 Å². The van der Waals surface area contributed by atoms with E-state index >= 15 is 0 Å². The fraction of sp³-hybridized carbons (Fsp3) is 0.0833. The lowest BCUT2D eigenvalue weighted by Gasteiger charge is -2.11. The van der Waals surface area contributed by atoms with Crippen molar-refractivity contribution in [3.05, 3.63) is 90.6 Å². The first kappa shape index (κ1) is 19.8. The second kappa shape index (κ2) is 9.33. The van der Waals surface area contributed by atoms with E-state index in [1.165, 1.54) is 11.8 Å². The van der Waals surface area contributed by atoms with E-state index in [9.17, 15) is 9.59 Å². The van der Waals surface area contributed by atoms with E-state index in [1.807, 2.05) is 79.0 Å². The lowest BCUT2D eigenvalue weighted by Crippen LogP contribution is -2.36. The van der Waals surface area contributed by atoms with Gasteiger partial charge in [-0.25, -0.2) is 0 Å². The summed E-state index contributed by atoms with van der Waals surface area (Å²) in [6.45, 7) is 0.383. The fourth-order valence-electron chi connectivity index (χ4n) is 3.18. The van der Waals surface area contributed by atoms with E-state index in [4.69, 9.17) is 0 Å². The lowest BCUT2D eigenvalue weighted by molar-refractivity contribution is -0.136. The van der Waals surface area contributed by atoms with Crippen molar-refractivity contribution in [3.8, 4) is 0 Å². The molecule has 0 unspecified atom stereocenters. The summed E-state index contributed by atoms with van der Waals surface area (Å²) in [5, 5.41) is 6.56. The van der Waals surface area contributed by atoms with Gasteiger partial charge < -0.3 is 15.6 Å². The monoisotopic (exact) mass is 415 g/mol. The highest BCUT2D eigenvalue weighted by molar-refractivity contribution is 7.99. The molecule has 1 aromatic heterocycles. The number of aromatic nitrogens is 1. The third-order valence-electron chi connectivity index (χ3n) is 4.67. The summed E-state index contributed by atoms with van der Waals surface area (Å²) >= 11 is 1.54. The normalized spacial score (nSPS) is 10.7. The molecule has 30 heavy (non-hydrogen) atoms. The van der Waals surface area contributed by atoms with Crippen LogP contribution >= 0.6 is 11.8 Å². The molecule has 0 fully saturated rings. The molecule has 0 radical (unpaired) electrons. The van der Waals surface area contributed by atoms with Crippen LogP contribution in [-0.4, -0.2) is 23.3 Å². The van der Waals surface area contributed by atoms with E-state index in [2.05, 4.69) is 15.6 Å². The molecule has 1 heterocycles. The Balaban J connectivity index is 1.34. The van der Waals surface area contributed by atoms with Crippen LogP contribution in [0.3, 0.4) is 0 Å². The van der Waals surface area contributed by atoms with E-state index in [0.29, 0.717) is 18.7 Å². The van der Waals surface area contributed by atoms with Crippen LogP contribution in [0, 0.1) is 0 Å². The molecule has 0 aliphatic rings. The van der Waals surface area contributed by atoms with Gasteiger partial charge in [0.2, 0.25) is 0 Å². The average Bonchev–Trinajstić information content (AvgIpc) is 3.19. The number of rotatable bonds is 6. The zero-order valence-electron chi connectivity index (χ0n) is 16.2. The minimum atomic E-state index is -0.671. The van der Waals surface area contributed by atoms with Crippen LogP contribution in [0.2, 0.25) is 0 Å². The molecule has 3 aromatic carbocycles. The number of anilines is 1. The van der Waals surface area contributed by atoms with Crippen molar-refractivity contribution in [3.63, 3.8) is 0 Å². The van der Waals surface area contributed by atoms with E-state index in [0.717, 1.165) is 26.3 Å². The lowest BCUT2D eigenvalue weighted by atomic mass is 10.1. The number of carbonyl (C=O) groups is 2. The van der Waals surface area contributed by atoms with Crippen molar-refractivity contribution in [1.82, 2.24) is 10.3 Å². The molecule has 4 aromatic rings. The Labute approximate surface area is 178 Å². The number of H-pyrrole nitrogens is 1. The second-order valence-corrected chi connectivity index (χ2v) is 7.85. The maximum Gasteiger partial charge on any atom is 0.313 e. The maximum atomic E-state index is 12.4. The van der Waals surface area contributed by atoms with Gasteiger partial charge in [0.1, 0.15) is 0 Å². The summed E-state index contributed by atoms with van der Waals surface area (Å²) in [7, 11) is 0. The summed E-state index contributed by atoms with van der Waals surface area (Å²) in [5.41, 5.74) is 2.78. The Kier molecular flexibility index (Phi) is 6.15. The zero-order valence-corrected chi connectivity index (χ0v) is 17.0. The average molecular weight is 416 g/mol. The van der Waals surface area contributed by atoms with E-state index in [-0.39, 0.29) is 0 Å². The number of fused-ring (bicyclic) bond motifs is 1. The van der Waals surface area contributed by atoms with Gasteiger partial charge in [0.05, 0.1) is 5.69 Å². The van der Waals surface area contributed by atoms with Crippen LogP contribution in [0.15, 0.2) is 94.9 Å². The SMILES string of the molecule is O=C(NCCc1c[nH]c2ccccc12)C(=O)Nc1ccccc1Sc1ccccc1. The largest absolute Gasteiger partial charge is 0.361 e. The van der Waals surface area contributed by atoms with Crippen molar-refractivity contribution >= 4 is 40.2 Å². The highest BCUT2D eigenvalue weighted by Gasteiger charge is 2.15.